The Morgan fingerprint density at radius 2 is 1.87 bits per heavy atom. The molecule has 2 aliphatic carbocycles. The Labute approximate surface area is 137 Å². The lowest BCUT2D eigenvalue weighted by atomic mass is 9.70. The first-order valence-electron chi connectivity index (χ1n) is 8.34. The fraction of sp³-hybridized carbons (Fsp3) is 0.875. The smallest absolute Gasteiger partial charge is 0.306 e. The fourth-order valence-electron chi connectivity index (χ4n) is 4.89. The Kier molecular flexibility index (Phi) is 3.87. The van der Waals surface area contributed by atoms with Crippen LogP contribution < -0.4 is 0 Å². The van der Waals surface area contributed by atoms with E-state index in [1.807, 2.05) is 13.8 Å². The van der Waals surface area contributed by atoms with Crippen LogP contribution in [0.2, 0.25) is 0 Å². The summed E-state index contributed by atoms with van der Waals surface area (Å²) < 4.78 is 27.1. The third kappa shape index (κ3) is 2.43. The molecule has 1 N–H and O–H groups in total. The van der Waals surface area contributed by atoms with Crippen LogP contribution in [0.1, 0.15) is 46.0 Å². The molecule has 7 heteroatoms. The van der Waals surface area contributed by atoms with Crippen molar-refractivity contribution in [1.82, 2.24) is 4.31 Å². The first-order chi connectivity index (χ1) is 10.6. The third-order valence-corrected chi connectivity index (χ3v) is 8.77. The molecule has 1 heterocycles. The fourth-order valence-corrected chi connectivity index (χ4v) is 7.14. The molecule has 1 saturated heterocycles. The van der Waals surface area contributed by atoms with Crippen LogP contribution in [0, 0.1) is 22.7 Å². The monoisotopic (exact) mass is 343 g/mol. The summed E-state index contributed by atoms with van der Waals surface area (Å²) in [5.74, 6) is -1.03. The second kappa shape index (κ2) is 5.28. The maximum absolute atomic E-state index is 12.9. The molecule has 2 atom stereocenters. The Balaban J connectivity index is 1.77. The number of rotatable bonds is 4. The minimum atomic E-state index is -3.54. The number of piperidine rings is 1. The molecule has 3 rings (SSSR count). The van der Waals surface area contributed by atoms with Crippen LogP contribution in [-0.4, -0.2) is 48.4 Å². The van der Waals surface area contributed by atoms with E-state index in [2.05, 4.69) is 0 Å². The highest BCUT2D eigenvalue weighted by atomic mass is 32.2. The summed E-state index contributed by atoms with van der Waals surface area (Å²) in [7, 11) is -3.54. The molecule has 0 amide bonds. The molecule has 0 aromatic rings. The van der Waals surface area contributed by atoms with Crippen molar-refractivity contribution in [2.24, 2.45) is 22.7 Å². The van der Waals surface area contributed by atoms with Crippen LogP contribution in [0.3, 0.4) is 0 Å². The van der Waals surface area contributed by atoms with Crippen molar-refractivity contribution in [2.75, 3.05) is 18.8 Å². The van der Waals surface area contributed by atoms with E-state index in [1.165, 1.54) is 4.31 Å². The van der Waals surface area contributed by atoms with E-state index in [4.69, 9.17) is 5.11 Å². The van der Waals surface area contributed by atoms with E-state index in [0.29, 0.717) is 31.6 Å². The number of sulfonamides is 1. The Bertz CT molecular complexity index is 633. The average Bonchev–Trinajstić information content (AvgIpc) is 2.81. The molecule has 0 radical (unpaired) electrons. The Hall–Kier alpha value is -0.950. The molecule has 0 unspecified atom stereocenters. The van der Waals surface area contributed by atoms with Crippen LogP contribution in [0.15, 0.2) is 0 Å². The Morgan fingerprint density at radius 1 is 1.26 bits per heavy atom. The number of hydrogen-bond donors (Lipinski definition) is 1. The van der Waals surface area contributed by atoms with Gasteiger partial charge in [0.25, 0.3) is 0 Å². The molecule has 3 aliphatic rings. The lowest BCUT2D eigenvalue weighted by molar-refractivity contribution is -0.142. The summed E-state index contributed by atoms with van der Waals surface area (Å²) in [6.07, 6.45) is 2.79. The first kappa shape index (κ1) is 16.9. The first-order valence-corrected chi connectivity index (χ1v) is 9.95. The molecule has 0 spiro atoms. The van der Waals surface area contributed by atoms with Crippen LogP contribution >= 0.6 is 0 Å². The zero-order chi connectivity index (χ0) is 17.0. The standard InChI is InChI=1S/C16H25NO5S/c1-15(2)12-3-6-16(15,13(18)9-12)10-23(21,22)17-7-4-11(5-8-17)14(19)20/h11-12H,3-10H2,1-2H3,(H,19,20)/t12-,16-/m1/s1. The van der Waals surface area contributed by atoms with Gasteiger partial charge in [-0.3, -0.25) is 9.59 Å². The van der Waals surface area contributed by atoms with Gasteiger partial charge < -0.3 is 5.11 Å². The number of carbonyl (C=O) groups is 2. The lowest BCUT2D eigenvalue weighted by Crippen LogP contribution is -2.48. The summed E-state index contributed by atoms with van der Waals surface area (Å²) in [6.45, 7) is 4.55. The van der Waals surface area contributed by atoms with Crippen LogP contribution in [0.4, 0.5) is 0 Å². The normalized spacial score (nSPS) is 34.9. The molecule has 130 valence electrons. The van der Waals surface area contributed by atoms with Crippen LogP contribution in [0.25, 0.3) is 0 Å². The molecule has 2 saturated carbocycles. The number of aliphatic carboxylic acids is 1. The molecule has 2 bridgehead atoms. The summed E-state index contributed by atoms with van der Waals surface area (Å²) >= 11 is 0. The second-order valence-corrected chi connectivity index (χ2v) is 9.90. The van der Waals surface area contributed by atoms with E-state index in [0.717, 1.165) is 6.42 Å². The van der Waals surface area contributed by atoms with Crippen molar-refractivity contribution >= 4 is 21.8 Å². The van der Waals surface area contributed by atoms with Crippen molar-refractivity contribution in [3.05, 3.63) is 0 Å². The van der Waals surface area contributed by atoms with E-state index >= 15 is 0 Å². The molecular weight excluding hydrogens is 318 g/mol. The number of carbonyl (C=O) groups excluding carboxylic acids is 1. The molecule has 1 aliphatic heterocycles. The quantitative estimate of drug-likeness (QED) is 0.835. The number of fused-ring (bicyclic) bond motifs is 2. The van der Waals surface area contributed by atoms with E-state index in [1.54, 1.807) is 0 Å². The Morgan fingerprint density at radius 3 is 2.30 bits per heavy atom. The van der Waals surface area contributed by atoms with Gasteiger partial charge in [0.2, 0.25) is 10.0 Å². The van der Waals surface area contributed by atoms with E-state index in [9.17, 15) is 18.0 Å². The highest BCUT2D eigenvalue weighted by molar-refractivity contribution is 7.89. The number of carboxylic acid groups (broad SMARTS) is 1. The van der Waals surface area contributed by atoms with Gasteiger partial charge in [-0.15, -0.1) is 0 Å². The minimum absolute atomic E-state index is 0.0998. The predicted octanol–water partition coefficient (Wildman–Crippen LogP) is 1.51. The van der Waals surface area contributed by atoms with Crippen molar-refractivity contribution in [3.8, 4) is 0 Å². The lowest BCUT2D eigenvalue weighted by Gasteiger charge is -2.38. The minimum Gasteiger partial charge on any atom is -0.481 e. The van der Waals surface area contributed by atoms with Gasteiger partial charge in [0.15, 0.2) is 0 Å². The largest absolute Gasteiger partial charge is 0.481 e. The van der Waals surface area contributed by atoms with Gasteiger partial charge in [-0.2, -0.15) is 0 Å². The van der Waals surface area contributed by atoms with Gasteiger partial charge in [0.1, 0.15) is 5.78 Å². The van der Waals surface area contributed by atoms with Gasteiger partial charge in [-0.25, -0.2) is 12.7 Å². The highest BCUT2D eigenvalue weighted by Gasteiger charge is 2.65. The van der Waals surface area contributed by atoms with Crippen LogP contribution in [0.5, 0.6) is 0 Å². The summed E-state index contributed by atoms with van der Waals surface area (Å²) in [5, 5.41) is 9.03. The zero-order valence-corrected chi connectivity index (χ0v) is 14.6. The molecule has 3 fully saturated rings. The van der Waals surface area contributed by atoms with Crippen molar-refractivity contribution in [1.29, 1.82) is 0 Å². The number of hydrogen-bond acceptors (Lipinski definition) is 4. The predicted molar refractivity (Wildman–Crippen MR) is 84.3 cm³/mol. The number of ketones is 1. The van der Waals surface area contributed by atoms with Crippen molar-refractivity contribution < 1.29 is 23.1 Å². The maximum Gasteiger partial charge on any atom is 0.306 e. The number of Topliss-reactive ketones (excluding diaryl/α,β-unsaturated/α-hetero) is 1. The van der Waals surface area contributed by atoms with E-state index < -0.39 is 27.3 Å². The number of nitrogens with zero attached hydrogens (tertiary/aromatic N) is 1. The van der Waals surface area contributed by atoms with Gasteiger partial charge in [-0.05, 0) is 37.0 Å². The third-order valence-electron chi connectivity index (χ3n) is 6.76. The summed E-state index contributed by atoms with van der Waals surface area (Å²) in [4.78, 5) is 23.5. The SMILES string of the molecule is CC1(C)[C@@H]2CC[C@@]1(CS(=O)(=O)N1CCC(C(=O)O)CC1)C(=O)C2. The molecular formula is C16H25NO5S. The second-order valence-electron chi connectivity index (χ2n) is 7.93. The van der Waals surface area contributed by atoms with Gasteiger partial charge in [-0.1, -0.05) is 13.8 Å². The molecule has 23 heavy (non-hydrogen) atoms. The van der Waals surface area contributed by atoms with Crippen LogP contribution in [-0.2, 0) is 19.6 Å². The summed E-state index contributed by atoms with van der Waals surface area (Å²) in [5.41, 5.74) is -1.02. The topological polar surface area (TPSA) is 91.8 Å². The number of carboxylic acids is 1. The molecule has 0 aromatic heterocycles. The zero-order valence-electron chi connectivity index (χ0n) is 13.7. The molecule has 6 nitrogen and oxygen atoms in total. The van der Waals surface area contributed by atoms with Gasteiger partial charge in [0, 0.05) is 24.9 Å². The van der Waals surface area contributed by atoms with Crippen molar-refractivity contribution in [3.63, 3.8) is 0 Å². The molecule has 0 aromatic carbocycles. The average molecular weight is 343 g/mol. The highest BCUT2D eigenvalue weighted by Crippen LogP contribution is 2.64. The van der Waals surface area contributed by atoms with Crippen molar-refractivity contribution in [2.45, 2.75) is 46.0 Å². The maximum atomic E-state index is 12.9. The summed E-state index contributed by atoms with van der Waals surface area (Å²) in [6, 6.07) is 0. The van der Waals surface area contributed by atoms with Gasteiger partial charge in [0.05, 0.1) is 11.7 Å². The van der Waals surface area contributed by atoms with Gasteiger partial charge >= 0.3 is 5.97 Å². The van der Waals surface area contributed by atoms with E-state index in [-0.39, 0.29) is 30.0 Å².